The lowest BCUT2D eigenvalue weighted by Gasteiger charge is -2.11. The Bertz CT molecular complexity index is 707. The van der Waals surface area contributed by atoms with Crippen molar-refractivity contribution in [2.24, 2.45) is 0 Å². The standard InChI is InChI=1S/C15H11BrCl2N2OS/c16-11-4-1-9(2-5-11)14(21)20-15(22)19-8-10-3-6-12(17)7-13(10)18/h1-7H,8H2,(H2,19,20,21,22). The van der Waals surface area contributed by atoms with Crippen LogP contribution in [-0.4, -0.2) is 11.0 Å². The third-order valence-electron chi connectivity index (χ3n) is 2.79. The number of benzene rings is 2. The van der Waals surface area contributed by atoms with Crippen molar-refractivity contribution in [3.63, 3.8) is 0 Å². The Hall–Kier alpha value is -1.14. The van der Waals surface area contributed by atoms with Gasteiger partial charge in [-0.2, -0.15) is 0 Å². The molecule has 0 aliphatic heterocycles. The molecule has 0 spiro atoms. The zero-order valence-electron chi connectivity index (χ0n) is 11.2. The molecule has 22 heavy (non-hydrogen) atoms. The summed E-state index contributed by atoms with van der Waals surface area (Å²) in [6.45, 7) is 0.398. The van der Waals surface area contributed by atoms with Crippen LogP contribution < -0.4 is 10.6 Å². The highest BCUT2D eigenvalue weighted by Gasteiger charge is 2.08. The number of carbonyl (C=O) groups is 1. The Morgan fingerprint density at radius 3 is 2.45 bits per heavy atom. The summed E-state index contributed by atoms with van der Waals surface area (Å²) in [5, 5.41) is 6.90. The van der Waals surface area contributed by atoms with Crippen LogP contribution in [0.25, 0.3) is 0 Å². The number of thiocarbonyl (C=S) groups is 1. The number of hydrogen-bond acceptors (Lipinski definition) is 2. The zero-order valence-corrected chi connectivity index (χ0v) is 15.1. The highest BCUT2D eigenvalue weighted by atomic mass is 79.9. The number of hydrogen-bond donors (Lipinski definition) is 2. The number of halogens is 3. The first kappa shape index (κ1) is 17.2. The third-order valence-corrected chi connectivity index (χ3v) is 4.15. The van der Waals surface area contributed by atoms with Gasteiger partial charge in [-0.3, -0.25) is 10.1 Å². The minimum absolute atomic E-state index is 0.235. The SMILES string of the molecule is O=C(NC(=S)NCc1ccc(Cl)cc1Cl)c1ccc(Br)cc1. The van der Waals surface area contributed by atoms with E-state index >= 15 is 0 Å². The second-order valence-corrected chi connectivity index (χ2v) is 6.55. The number of carbonyl (C=O) groups excluding carboxylic acids is 1. The van der Waals surface area contributed by atoms with Crippen LogP contribution in [0.4, 0.5) is 0 Å². The fourth-order valence-corrected chi connectivity index (χ4v) is 2.57. The summed E-state index contributed by atoms with van der Waals surface area (Å²) in [6, 6.07) is 12.2. The van der Waals surface area contributed by atoms with Crippen molar-refractivity contribution in [2.45, 2.75) is 6.54 Å². The molecule has 0 atom stereocenters. The van der Waals surface area contributed by atoms with Gasteiger partial charge in [0, 0.05) is 26.6 Å². The summed E-state index contributed by atoms with van der Waals surface area (Å²) in [5.41, 5.74) is 1.36. The Balaban J connectivity index is 1.90. The van der Waals surface area contributed by atoms with Crippen molar-refractivity contribution in [3.05, 3.63) is 68.1 Å². The first-order valence-electron chi connectivity index (χ1n) is 6.24. The van der Waals surface area contributed by atoms with Crippen LogP contribution in [0.15, 0.2) is 46.9 Å². The van der Waals surface area contributed by atoms with Crippen LogP contribution in [0.2, 0.25) is 10.0 Å². The van der Waals surface area contributed by atoms with Crippen molar-refractivity contribution >= 4 is 62.4 Å². The molecule has 114 valence electrons. The molecule has 0 saturated heterocycles. The predicted octanol–water partition coefficient (Wildman–Crippen LogP) is 4.56. The summed E-state index contributed by atoms with van der Waals surface area (Å²) in [4.78, 5) is 12.0. The van der Waals surface area contributed by atoms with Gasteiger partial charge in [-0.05, 0) is 54.2 Å². The third kappa shape index (κ3) is 4.95. The van der Waals surface area contributed by atoms with Gasteiger partial charge in [0.15, 0.2) is 5.11 Å². The first-order valence-corrected chi connectivity index (χ1v) is 8.20. The van der Waals surface area contributed by atoms with Gasteiger partial charge in [0.1, 0.15) is 0 Å². The molecule has 0 bridgehead atoms. The summed E-state index contributed by atoms with van der Waals surface area (Å²) >= 11 is 20.3. The van der Waals surface area contributed by atoms with E-state index in [1.54, 1.807) is 42.5 Å². The van der Waals surface area contributed by atoms with Gasteiger partial charge in [-0.25, -0.2) is 0 Å². The zero-order chi connectivity index (χ0) is 16.1. The van der Waals surface area contributed by atoms with E-state index in [0.29, 0.717) is 22.2 Å². The smallest absolute Gasteiger partial charge is 0.257 e. The predicted molar refractivity (Wildman–Crippen MR) is 97.5 cm³/mol. The van der Waals surface area contributed by atoms with E-state index in [2.05, 4.69) is 26.6 Å². The quantitative estimate of drug-likeness (QED) is 0.719. The second kappa shape index (κ2) is 7.92. The Labute approximate surface area is 152 Å². The minimum atomic E-state index is -0.271. The van der Waals surface area contributed by atoms with E-state index in [9.17, 15) is 4.79 Å². The molecule has 0 aliphatic rings. The Morgan fingerprint density at radius 2 is 1.82 bits per heavy atom. The molecule has 0 fully saturated rings. The molecule has 0 aromatic heterocycles. The van der Waals surface area contributed by atoms with Gasteiger partial charge >= 0.3 is 0 Å². The van der Waals surface area contributed by atoms with E-state index in [1.807, 2.05) is 0 Å². The van der Waals surface area contributed by atoms with Gasteiger partial charge < -0.3 is 5.32 Å². The Morgan fingerprint density at radius 1 is 1.14 bits per heavy atom. The van der Waals surface area contributed by atoms with E-state index in [0.717, 1.165) is 10.0 Å². The molecule has 3 nitrogen and oxygen atoms in total. The highest BCUT2D eigenvalue weighted by molar-refractivity contribution is 9.10. The lowest BCUT2D eigenvalue weighted by atomic mass is 10.2. The van der Waals surface area contributed by atoms with Gasteiger partial charge in [0.05, 0.1) is 0 Å². The number of rotatable bonds is 3. The number of nitrogens with one attached hydrogen (secondary N) is 2. The molecule has 2 aromatic rings. The molecular weight excluding hydrogens is 407 g/mol. The van der Waals surface area contributed by atoms with Crippen molar-refractivity contribution < 1.29 is 4.79 Å². The van der Waals surface area contributed by atoms with Crippen LogP contribution in [0, 0.1) is 0 Å². The van der Waals surface area contributed by atoms with E-state index < -0.39 is 0 Å². The molecule has 2 rings (SSSR count). The lowest BCUT2D eigenvalue weighted by molar-refractivity contribution is 0.0976. The van der Waals surface area contributed by atoms with Crippen molar-refractivity contribution in [1.29, 1.82) is 0 Å². The van der Waals surface area contributed by atoms with Gasteiger partial charge in [-0.1, -0.05) is 45.2 Å². The molecule has 2 aromatic carbocycles. The molecule has 0 saturated carbocycles. The fraction of sp³-hybridized carbons (Fsp3) is 0.0667. The summed E-state index contributed by atoms with van der Waals surface area (Å²) in [7, 11) is 0. The summed E-state index contributed by atoms with van der Waals surface area (Å²) < 4.78 is 0.905. The van der Waals surface area contributed by atoms with Crippen LogP contribution in [0.1, 0.15) is 15.9 Å². The van der Waals surface area contributed by atoms with Gasteiger partial charge in [0.2, 0.25) is 0 Å². The molecule has 0 aliphatic carbocycles. The minimum Gasteiger partial charge on any atom is -0.358 e. The van der Waals surface area contributed by atoms with Crippen LogP contribution in [0.5, 0.6) is 0 Å². The molecule has 1 amide bonds. The van der Waals surface area contributed by atoms with E-state index in [1.165, 1.54) is 0 Å². The summed E-state index contributed by atoms with van der Waals surface area (Å²) in [6.07, 6.45) is 0. The molecule has 0 unspecified atom stereocenters. The molecule has 0 radical (unpaired) electrons. The van der Waals surface area contributed by atoms with E-state index in [-0.39, 0.29) is 11.0 Å². The largest absolute Gasteiger partial charge is 0.358 e. The van der Waals surface area contributed by atoms with Crippen LogP contribution in [-0.2, 0) is 6.54 Å². The maximum atomic E-state index is 12.0. The van der Waals surface area contributed by atoms with Crippen molar-refractivity contribution in [2.75, 3.05) is 0 Å². The average Bonchev–Trinajstić information content (AvgIpc) is 2.47. The van der Waals surface area contributed by atoms with Gasteiger partial charge in [0.25, 0.3) is 5.91 Å². The maximum absolute atomic E-state index is 12.0. The lowest BCUT2D eigenvalue weighted by Crippen LogP contribution is -2.38. The van der Waals surface area contributed by atoms with E-state index in [4.69, 9.17) is 35.4 Å². The van der Waals surface area contributed by atoms with Crippen LogP contribution in [0.3, 0.4) is 0 Å². The van der Waals surface area contributed by atoms with Crippen LogP contribution >= 0.6 is 51.3 Å². The first-order chi connectivity index (χ1) is 10.5. The van der Waals surface area contributed by atoms with Crippen molar-refractivity contribution in [3.8, 4) is 0 Å². The number of amides is 1. The molecule has 7 heteroatoms. The molecule has 0 heterocycles. The molecule has 2 N–H and O–H groups in total. The molecular formula is C15H11BrCl2N2OS. The second-order valence-electron chi connectivity index (χ2n) is 4.38. The monoisotopic (exact) mass is 416 g/mol. The summed E-state index contributed by atoms with van der Waals surface area (Å²) in [5.74, 6) is -0.271. The van der Waals surface area contributed by atoms with Gasteiger partial charge in [-0.15, -0.1) is 0 Å². The highest BCUT2D eigenvalue weighted by Crippen LogP contribution is 2.20. The normalized spacial score (nSPS) is 10.1. The fourth-order valence-electron chi connectivity index (χ4n) is 1.66. The Kier molecular flexibility index (Phi) is 6.20. The average molecular weight is 418 g/mol. The van der Waals surface area contributed by atoms with Crippen molar-refractivity contribution in [1.82, 2.24) is 10.6 Å². The maximum Gasteiger partial charge on any atom is 0.257 e. The topological polar surface area (TPSA) is 41.1 Å².